The smallest absolute Gasteiger partial charge is 0.262 e. The van der Waals surface area contributed by atoms with Crippen molar-refractivity contribution in [3.8, 4) is 5.69 Å². The number of aryl methyl sites for hydroxylation is 1. The Morgan fingerprint density at radius 1 is 1.21 bits per heavy atom. The van der Waals surface area contributed by atoms with Crippen LogP contribution in [0.25, 0.3) is 5.69 Å². The van der Waals surface area contributed by atoms with Crippen molar-refractivity contribution < 1.29 is 9.18 Å². The number of halogens is 2. The van der Waals surface area contributed by atoms with Crippen molar-refractivity contribution in [3.63, 3.8) is 0 Å². The maximum Gasteiger partial charge on any atom is 0.262 e. The van der Waals surface area contributed by atoms with Crippen molar-refractivity contribution in [2.24, 2.45) is 0 Å². The first-order valence-corrected chi connectivity index (χ1v) is 10.2. The molecule has 0 aromatic carbocycles. The number of pyridine rings is 2. The van der Waals surface area contributed by atoms with Gasteiger partial charge in [0, 0.05) is 18.9 Å². The molecule has 9 heteroatoms. The van der Waals surface area contributed by atoms with E-state index in [0.29, 0.717) is 31.6 Å². The number of hydrogen-bond acceptors (Lipinski definition) is 5. The summed E-state index contributed by atoms with van der Waals surface area (Å²) in [4.78, 5) is 25.1. The van der Waals surface area contributed by atoms with Crippen molar-refractivity contribution >= 4 is 33.3 Å². The fraction of sp³-hybridized carbons (Fsp3) is 0.300. The number of amides is 1. The molecule has 0 saturated carbocycles. The van der Waals surface area contributed by atoms with Crippen LogP contribution >= 0.6 is 15.9 Å². The zero-order valence-electron chi connectivity index (χ0n) is 15.7. The third-order valence-electron chi connectivity index (χ3n) is 5.25. The number of carbonyl (C=O) groups is 1. The van der Waals surface area contributed by atoms with Crippen LogP contribution in [-0.4, -0.2) is 44.9 Å². The first-order valence-electron chi connectivity index (χ1n) is 9.36. The predicted molar refractivity (Wildman–Crippen MR) is 110 cm³/mol. The standard InChI is InChI=1S/C20H18BrFN6O/c1-12-4-14(7-23-6-12)27-11-18-16(20(27)29)10-28(25-18)15-5-17(21)19(24-8-15)26-3-2-13(22)9-26/h4-8,10,13H,2-3,9,11H2,1H3/t13-/m1/s1. The third kappa shape index (κ3) is 3.19. The molecule has 2 aliphatic rings. The number of aromatic nitrogens is 4. The summed E-state index contributed by atoms with van der Waals surface area (Å²) in [5, 5.41) is 4.59. The average molecular weight is 457 g/mol. The van der Waals surface area contributed by atoms with Crippen LogP contribution in [0.15, 0.2) is 41.4 Å². The number of alkyl halides is 1. The Kier molecular flexibility index (Phi) is 4.34. The fourth-order valence-corrected chi connectivity index (χ4v) is 4.38. The Balaban J connectivity index is 1.40. The van der Waals surface area contributed by atoms with E-state index in [1.807, 2.05) is 24.0 Å². The minimum Gasteiger partial charge on any atom is -0.353 e. The molecule has 0 spiro atoms. The van der Waals surface area contributed by atoms with Crippen LogP contribution in [0.1, 0.15) is 28.0 Å². The molecule has 1 atom stereocenters. The number of anilines is 2. The quantitative estimate of drug-likeness (QED) is 0.603. The van der Waals surface area contributed by atoms with Gasteiger partial charge in [0.05, 0.1) is 52.6 Å². The molecule has 148 valence electrons. The largest absolute Gasteiger partial charge is 0.353 e. The van der Waals surface area contributed by atoms with Gasteiger partial charge in [-0.05, 0) is 47.0 Å². The molecular formula is C20H18BrFN6O. The molecule has 0 aliphatic carbocycles. The highest BCUT2D eigenvalue weighted by atomic mass is 79.9. The zero-order chi connectivity index (χ0) is 20.1. The molecule has 1 amide bonds. The Morgan fingerprint density at radius 2 is 2.07 bits per heavy atom. The molecule has 0 unspecified atom stereocenters. The Bertz CT molecular complexity index is 1120. The molecule has 0 N–H and O–H groups in total. The minimum absolute atomic E-state index is 0.0895. The number of rotatable bonds is 3. The van der Waals surface area contributed by atoms with Gasteiger partial charge in [-0.15, -0.1) is 0 Å². The van der Waals surface area contributed by atoms with E-state index in [-0.39, 0.29) is 5.91 Å². The number of fused-ring (bicyclic) bond motifs is 1. The van der Waals surface area contributed by atoms with Gasteiger partial charge in [0.15, 0.2) is 0 Å². The number of carbonyl (C=O) groups excluding carboxylic acids is 1. The van der Waals surface area contributed by atoms with E-state index in [4.69, 9.17) is 0 Å². The van der Waals surface area contributed by atoms with Crippen LogP contribution in [0.2, 0.25) is 0 Å². The van der Waals surface area contributed by atoms with E-state index >= 15 is 0 Å². The highest BCUT2D eigenvalue weighted by Crippen LogP contribution is 2.31. The summed E-state index contributed by atoms with van der Waals surface area (Å²) >= 11 is 3.54. The van der Waals surface area contributed by atoms with Gasteiger partial charge in [-0.2, -0.15) is 5.10 Å². The lowest BCUT2D eigenvalue weighted by molar-refractivity contribution is 0.0996. The molecular weight excluding hydrogens is 439 g/mol. The monoisotopic (exact) mass is 456 g/mol. The summed E-state index contributed by atoms with van der Waals surface area (Å²) in [5.74, 6) is 0.635. The van der Waals surface area contributed by atoms with Gasteiger partial charge in [0.25, 0.3) is 5.91 Å². The second kappa shape index (κ2) is 6.91. The lowest BCUT2D eigenvalue weighted by Gasteiger charge is -2.18. The van der Waals surface area contributed by atoms with Gasteiger partial charge in [-0.1, -0.05) is 0 Å². The maximum atomic E-state index is 13.5. The molecule has 5 heterocycles. The normalized spacial score (nSPS) is 18.6. The molecule has 29 heavy (non-hydrogen) atoms. The fourth-order valence-electron chi connectivity index (χ4n) is 3.79. The Hall–Kier alpha value is -2.81. The van der Waals surface area contributed by atoms with Crippen molar-refractivity contribution in [2.45, 2.75) is 26.1 Å². The first kappa shape index (κ1) is 18.2. The molecule has 0 radical (unpaired) electrons. The molecule has 0 bridgehead atoms. The van der Waals surface area contributed by atoms with Crippen molar-refractivity contribution in [1.82, 2.24) is 19.7 Å². The number of nitrogens with zero attached hydrogens (tertiary/aromatic N) is 6. The summed E-state index contributed by atoms with van der Waals surface area (Å²) in [7, 11) is 0. The summed E-state index contributed by atoms with van der Waals surface area (Å²) in [6.07, 6.45) is 6.59. The summed E-state index contributed by atoms with van der Waals surface area (Å²) in [5.41, 5.74) is 3.80. The molecule has 3 aromatic rings. The molecule has 3 aromatic heterocycles. The van der Waals surface area contributed by atoms with Crippen molar-refractivity contribution in [1.29, 1.82) is 0 Å². The van der Waals surface area contributed by atoms with Gasteiger partial charge in [-0.25, -0.2) is 14.1 Å². The molecule has 7 nitrogen and oxygen atoms in total. The number of hydrogen-bond donors (Lipinski definition) is 0. The molecule has 2 aliphatic heterocycles. The van der Waals surface area contributed by atoms with Gasteiger partial charge < -0.3 is 9.80 Å². The Morgan fingerprint density at radius 3 is 2.76 bits per heavy atom. The van der Waals surface area contributed by atoms with Crippen LogP contribution in [0.3, 0.4) is 0 Å². The van der Waals surface area contributed by atoms with E-state index in [1.54, 1.807) is 34.4 Å². The van der Waals surface area contributed by atoms with E-state index in [9.17, 15) is 9.18 Å². The van der Waals surface area contributed by atoms with Crippen LogP contribution in [-0.2, 0) is 6.54 Å². The molecule has 1 fully saturated rings. The predicted octanol–water partition coefficient (Wildman–Crippen LogP) is 3.44. The summed E-state index contributed by atoms with van der Waals surface area (Å²) in [6.45, 7) is 3.37. The van der Waals surface area contributed by atoms with Crippen LogP contribution in [0, 0.1) is 6.92 Å². The van der Waals surface area contributed by atoms with E-state index in [0.717, 1.165) is 32.9 Å². The van der Waals surface area contributed by atoms with E-state index < -0.39 is 6.17 Å². The second-order valence-electron chi connectivity index (χ2n) is 7.38. The van der Waals surface area contributed by atoms with Gasteiger partial charge in [-0.3, -0.25) is 9.78 Å². The highest BCUT2D eigenvalue weighted by molar-refractivity contribution is 9.10. The first-order chi connectivity index (χ1) is 14.0. The summed E-state index contributed by atoms with van der Waals surface area (Å²) in [6, 6.07) is 3.83. The van der Waals surface area contributed by atoms with Gasteiger partial charge >= 0.3 is 0 Å². The maximum absolute atomic E-state index is 13.5. The highest BCUT2D eigenvalue weighted by Gasteiger charge is 2.32. The Labute approximate surface area is 175 Å². The zero-order valence-corrected chi connectivity index (χ0v) is 17.3. The van der Waals surface area contributed by atoms with Gasteiger partial charge in [0.2, 0.25) is 0 Å². The van der Waals surface area contributed by atoms with Crippen LogP contribution in [0.5, 0.6) is 0 Å². The topological polar surface area (TPSA) is 67.2 Å². The van der Waals surface area contributed by atoms with E-state index in [2.05, 4.69) is 31.0 Å². The lowest BCUT2D eigenvalue weighted by Crippen LogP contribution is -2.24. The van der Waals surface area contributed by atoms with Crippen molar-refractivity contribution in [2.75, 3.05) is 22.9 Å². The van der Waals surface area contributed by atoms with Crippen LogP contribution < -0.4 is 9.80 Å². The minimum atomic E-state index is -0.810. The summed E-state index contributed by atoms with van der Waals surface area (Å²) < 4.78 is 15.9. The lowest BCUT2D eigenvalue weighted by atomic mass is 10.3. The molecule has 1 saturated heterocycles. The average Bonchev–Trinajstić information content (AvgIpc) is 3.38. The second-order valence-corrected chi connectivity index (χ2v) is 8.23. The van der Waals surface area contributed by atoms with E-state index in [1.165, 1.54) is 0 Å². The molecule has 5 rings (SSSR count). The van der Waals surface area contributed by atoms with Crippen LogP contribution in [0.4, 0.5) is 15.9 Å². The third-order valence-corrected chi connectivity index (χ3v) is 5.83. The van der Waals surface area contributed by atoms with Crippen molar-refractivity contribution in [3.05, 3.63) is 58.2 Å². The van der Waals surface area contributed by atoms with Gasteiger partial charge in [0.1, 0.15) is 12.0 Å². The SMILES string of the molecule is Cc1cncc(N2Cc3nn(-c4cnc(N5CC[C@@H](F)C5)c(Br)c4)cc3C2=O)c1.